The number of thiazole rings is 1. The largest absolute Gasteiger partial charge is 0.430 e. The predicted molar refractivity (Wildman–Crippen MR) is 66.1 cm³/mol. The van der Waals surface area contributed by atoms with Crippen molar-refractivity contribution in [3.63, 3.8) is 0 Å². The van der Waals surface area contributed by atoms with Gasteiger partial charge in [-0.05, 0) is 29.4 Å². The number of para-hydroxylation sites is 1. The van der Waals surface area contributed by atoms with Crippen LogP contribution in [0.5, 0.6) is 10.9 Å². The van der Waals surface area contributed by atoms with Gasteiger partial charge in [-0.15, -0.1) is 0 Å². The summed E-state index contributed by atoms with van der Waals surface area (Å²) < 4.78 is 5.48. The van der Waals surface area contributed by atoms with E-state index in [-0.39, 0.29) is 16.8 Å². The Morgan fingerprint density at radius 2 is 2.22 bits per heavy atom. The highest BCUT2D eigenvalue weighted by atomic mass is 32.1. The molecule has 1 aromatic heterocycles. The van der Waals surface area contributed by atoms with Crippen molar-refractivity contribution < 1.29 is 14.8 Å². The van der Waals surface area contributed by atoms with Crippen LogP contribution in [0.3, 0.4) is 0 Å². The quantitative estimate of drug-likeness (QED) is 0.663. The summed E-state index contributed by atoms with van der Waals surface area (Å²) in [6, 6.07) is 7.19. The lowest BCUT2D eigenvalue weighted by Gasteiger charge is -2.06. The van der Waals surface area contributed by atoms with Crippen molar-refractivity contribution in [3.8, 4) is 10.9 Å². The third kappa shape index (κ3) is 2.82. The maximum absolute atomic E-state index is 10.5. The van der Waals surface area contributed by atoms with Crippen LogP contribution in [0.1, 0.15) is 5.56 Å². The Labute approximate surface area is 107 Å². The summed E-state index contributed by atoms with van der Waals surface area (Å²) >= 11 is 0.868. The molecule has 0 unspecified atom stereocenters. The zero-order valence-electron chi connectivity index (χ0n) is 9.28. The van der Waals surface area contributed by atoms with E-state index in [4.69, 9.17) is 9.84 Å². The minimum Gasteiger partial charge on any atom is -0.430 e. The molecule has 1 heterocycles. The molecule has 2 aromatic rings. The lowest BCUT2D eigenvalue weighted by molar-refractivity contribution is -0.380. The van der Waals surface area contributed by atoms with E-state index < -0.39 is 4.92 Å². The highest BCUT2D eigenvalue weighted by Gasteiger charge is 2.14. The molecule has 0 aliphatic carbocycles. The highest BCUT2D eigenvalue weighted by molar-refractivity contribution is 7.16. The molecule has 0 aliphatic rings. The van der Waals surface area contributed by atoms with Gasteiger partial charge >= 0.3 is 5.00 Å². The number of aliphatic hydroxyl groups excluding tert-OH is 1. The van der Waals surface area contributed by atoms with Gasteiger partial charge < -0.3 is 9.84 Å². The van der Waals surface area contributed by atoms with E-state index in [0.29, 0.717) is 12.2 Å². The Kier molecular flexibility index (Phi) is 3.85. The molecule has 0 saturated carbocycles. The van der Waals surface area contributed by atoms with Crippen molar-refractivity contribution in [3.05, 3.63) is 46.1 Å². The maximum Gasteiger partial charge on any atom is 0.347 e. The van der Waals surface area contributed by atoms with Crippen molar-refractivity contribution in [2.24, 2.45) is 0 Å². The molecule has 1 aromatic carbocycles. The fraction of sp³-hybridized carbons (Fsp3) is 0.182. The number of ether oxygens (including phenoxy) is 1. The summed E-state index contributed by atoms with van der Waals surface area (Å²) in [6.45, 7) is 0.0123. The molecule has 6 nitrogen and oxygen atoms in total. The summed E-state index contributed by atoms with van der Waals surface area (Å²) in [4.78, 5) is 13.8. The first-order valence-electron chi connectivity index (χ1n) is 5.17. The lowest BCUT2D eigenvalue weighted by atomic mass is 10.1. The topological polar surface area (TPSA) is 85.5 Å². The van der Waals surface area contributed by atoms with Gasteiger partial charge in [0.2, 0.25) is 0 Å². The van der Waals surface area contributed by atoms with E-state index in [2.05, 4.69) is 4.98 Å². The number of rotatable bonds is 5. The number of aliphatic hydroxyl groups is 1. The molecule has 7 heteroatoms. The van der Waals surface area contributed by atoms with Crippen molar-refractivity contribution in [2.75, 3.05) is 6.61 Å². The van der Waals surface area contributed by atoms with E-state index in [0.717, 1.165) is 23.1 Å². The summed E-state index contributed by atoms with van der Waals surface area (Å²) in [5.41, 5.74) is 0.831. The van der Waals surface area contributed by atoms with Gasteiger partial charge in [0.05, 0.1) is 4.92 Å². The van der Waals surface area contributed by atoms with Crippen molar-refractivity contribution in [1.29, 1.82) is 0 Å². The van der Waals surface area contributed by atoms with Crippen LogP contribution >= 0.6 is 11.3 Å². The van der Waals surface area contributed by atoms with E-state index >= 15 is 0 Å². The first kappa shape index (κ1) is 12.5. The van der Waals surface area contributed by atoms with Crippen LogP contribution in [-0.4, -0.2) is 21.6 Å². The molecule has 0 bridgehead atoms. The molecule has 0 amide bonds. The number of hydrogen-bond acceptors (Lipinski definition) is 6. The van der Waals surface area contributed by atoms with Gasteiger partial charge in [-0.3, -0.25) is 10.1 Å². The number of hydrogen-bond donors (Lipinski definition) is 1. The highest BCUT2D eigenvalue weighted by Crippen LogP contribution is 2.32. The maximum atomic E-state index is 10.5. The van der Waals surface area contributed by atoms with Gasteiger partial charge in [-0.25, -0.2) is 4.98 Å². The third-order valence-electron chi connectivity index (χ3n) is 2.20. The summed E-state index contributed by atoms with van der Waals surface area (Å²) in [5.74, 6) is 0.552. The number of benzene rings is 1. The summed E-state index contributed by atoms with van der Waals surface area (Å²) in [5, 5.41) is 19.6. The van der Waals surface area contributed by atoms with Gasteiger partial charge in [0, 0.05) is 6.61 Å². The Morgan fingerprint density at radius 3 is 2.89 bits per heavy atom. The molecule has 0 atom stereocenters. The lowest BCUT2D eigenvalue weighted by Crippen LogP contribution is -1.94. The van der Waals surface area contributed by atoms with E-state index in [1.165, 1.54) is 0 Å². The molecule has 18 heavy (non-hydrogen) atoms. The standard InChI is InChI=1S/C11H10N2O4S/c14-6-5-8-3-1-2-4-9(8)17-11-12-7-10(18-11)13(15)16/h1-4,7,14H,5-6H2. The van der Waals surface area contributed by atoms with Crippen LogP contribution in [0, 0.1) is 10.1 Å². The molecule has 0 radical (unpaired) electrons. The molecule has 1 N–H and O–H groups in total. The monoisotopic (exact) mass is 266 g/mol. The minimum absolute atomic E-state index is 0.0123. The smallest absolute Gasteiger partial charge is 0.347 e. The molecule has 2 rings (SSSR count). The van der Waals surface area contributed by atoms with Gasteiger partial charge in [0.25, 0.3) is 5.19 Å². The molecular weight excluding hydrogens is 256 g/mol. The molecule has 0 spiro atoms. The van der Waals surface area contributed by atoms with Crippen LogP contribution in [0.2, 0.25) is 0 Å². The van der Waals surface area contributed by atoms with Crippen LogP contribution in [0.15, 0.2) is 30.5 Å². The molecule has 94 valence electrons. The van der Waals surface area contributed by atoms with Gasteiger partial charge in [-0.2, -0.15) is 0 Å². The van der Waals surface area contributed by atoms with E-state index in [1.54, 1.807) is 12.1 Å². The molecular formula is C11H10N2O4S. The summed E-state index contributed by atoms with van der Waals surface area (Å²) in [7, 11) is 0. The number of nitro groups is 1. The number of aromatic nitrogens is 1. The van der Waals surface area contributed by atoms with Crippen molar-refractivity contribution in [2.45, 2.75) is 6.42 Å². The van der Waals surface area contributed by atoms with Crippen LogP contribution in [-0.2, 0) is 6.42 Å². The first-order chi connectivity index (χ1) is 8.70. The fourth-order valence-electron chi connectivity index (χ4n) is 1.41. The average Bonchev–Trinajstić information content (AvgIpc) is 2.81. The van der Waals surface area contributed by atoms with Crippen molar-refractivity contribution >= 4 is 16.3 Å². The van der Waals surface area contributed by atoms with Gasteiger partial charge in [-0.1, -0.05) is 18.2 Å². The SMILES string of the molecule is O=[N+]([O-])c1cnc(Oc2ccccc2CCO)s1. The molecule has 0 fully saturated rings. The second kappa shape index (κ2) is 5.56. The predicted octanol–water partition coefficient (Wildman–Crippen LogP) is 2.38. The molecule has 0 aliphatic heterocycles. The Hall–Kier alpha value is -1.99. The normalized spacial score (nSPS) is 10.3. The zero-order valence-corrected chi connectivity index (χ0v) is 10.1. The minimum atomic E-state index is -0.510. The first-order valence-corrected chi connectivity index (χ1v) is 5.99. The van der Waals surface area contributed by atoms with Gasteiger partial charge in [0.1, 0.15) is 11.9 Å². The van der Waals surface area contributed by atoms with Gasteiger partial charge in [0.15, 0.2) is 0 Å². The van der Waals surface area contributed by atoms with Crippen LogP contribution in [0.25, 0.3) is 0 Å². The zero-order chi connectivity index (χ0) is 13.0. The Balaban J connectivity index is 2.19. The number of nitrogens with zero attached hydrogens (tertiary/aromatic N) is 2. The second-order valence-electron chi connectivity index (χ2n) is 3.40. The molecule has 0 saturated heterocycles. The Bertz CT molecular complexity index is 555. The third-order valence-corrected chi connectivity index (χ3v) is 3.03. The summed E-state index contributed by atoms with van der Waals surface area (Å²) in [6.07, 6.45) is 1.62. The average molecular weight is 266 g/mol. The second-order valence-corrected chi connectivity index (χ2v) is 4.38. The van der Waals surface area contributed by atoms with Crippen LogP contribution in [0.4, 0.5) is 5.00 Å². The van der Waals surface area contributed by atoms with Crippen LogP contribution < -0.4 is 4.74 Å². The van der Waals surface area contributed by atoms with E-state index in [1.807, 2.05) is 12.1 Å². The fourth-order valence-corrected chi connectivity index (χ4v) is 2.00. The Morgan fingerprint density at radius 1 is 1.44 bits per heavy atom. The van der Waals surface area contributed by atoms with Crippen molar-refractivity contribution in [1.82, 2.24) is 4.98 Å². The van der Waals surface area contributed by atoms with E-state index in [9.17, 15) is 10.1 Å².